The molecule has 3 aromatic rings. The Bertz CT molecular complexity index is 1140. The Morgan fingerprint density at radius 1 is 1.12 bits per heavy atom. The van der Waals surface area contributed by atoms with Crippen molar-refractivity contribution < 1.29 is 22.9 Å². The van der Waals surface area contributed by atoms with Gasteiger partial charge < -0.3 is 16.2 Å². The first kappa shape index (κ1) is 17.7. The summed E-state index contributed by atoms with van der Waals surface area (Å²) in [6, 6.07) is 11.5. The Kier molecular flexibility index (Phi) is 4.31. The van der Waals surface area contributed by atoms with Crippen LogP contribution in [0.25, 0.3) is 10.8 Å². The van der Waals surface area contributed by atoms with E-state index in [0.29, 0.717) is 11.3 Å². The molecule has 7 nitrogen and oxygen atoms in total. The highest BCUT2D eigenvalue weighted by molar-refractivity contribution is 7.86. The van der Waals surface area contributed by atoms with Crippen molar-refractivity contribution in [3.63, 3.8) is 0 Å². The number of phenols is 1. The molecule has 0 unspecified atom stereocenters. The summed E-state index contributed by atoms with van der Waals surface area (Å²) in [6.07, 6.45) is 0. The third-order valence-corrected chi connectivity index (χ3v) is 4.95. The van der Waals surface area contributed by atoms with E-state index in [9.17, 15) is 22.9 Å². The van der Waals surface area contributed by atoms with Crippen molar-refractivity contribution in [1.82, 2.24) is 0 Å². The number of aromatic hydroxyl groups is 1. The average Bonchev–Trinajstić information content (AvgIpc) is 2.56. The number of nitrogen functional groups attached to an aromatic ring is 1. The Morgan fingerprint density at radius 3 is 2.50 bits per heavy atom. The first-order valence-corrected chi connectivity index (χ1v) is 9.02. The number of fused-ring (bicyclic) bond motifs is 1. The fourth-order valence-electron chi connectivity index (χ4n) is 2.70. The zero-order valence-electron chi connectivity index (χ0n) is 13.7. The van der Waals surface area contributed by atoms with Gasteiger partial charge in [0.15, 0.2) is 0 Å². The number of anilines is 2. The number of carbonyl (C=O) groups excluding carboxylic acids is 1. The van der Waals surface area contributed by atoms with Crippen LogP contribution < -0.4 is 11.1 Å². The van der Waals surface area contributed by atoms with Gasteiger partial charge in [-0.2, -0.15) is 8.42 Å². The van der Waals surface area contributed by atoms with Gasteiger partial charge in [-0.15, -0.1) is 0 Å². The highest BCUT2D eigenvalue weighted by Crippen LogP contribution is 2.35. The number of amides is 1. The molecule has 0 saturated heterocycles. The van der Waals surface area contributed by atoms with Crippen LogP contribution in [0.3, 0.4) is 0 Å². The Balaban J connectivity index is 2.11. The quantitative estimate of drug-likeness (QED) is 0.413. The van der Waals surface area contributed by atoms with Gasteiger partial charge in [-0.05, 0) is 48.9 Å². The number of nitrogens with one attached hydrogen (secondary N) is 1. The Morgan fingerprint density at radius 2 is 1.85 bits per heavy atom. The largest absolute Gasteiger partial charge is 0.507 e. The molecular weight excluding hydrogens is 356 g/mol. The van der Waals surface area contributed by atoms with Gasteiger partial charge in [-0.3, -0.25) is 9.35 Å². The number of rotatable bonds is 3. The van der Waals surface area contributed by atoms with Crippen molar-refractivity contribution in [2.45, 2.75) is 11.8 Å². The number of nitrogens with two attached hydrogens (primary N) is 1. The van der Waals surface area contributed by atoms with Gasteiger partial charge in [-0.1, -0.05) is 12.1 Å². The second kappa shape index (κ2) is 6.32. The van der Waals surface area contributed by atoms with Crippen molar-refractivity contribution in [3.8, 4) is 5.75 Å². The first-order chi connectivity index (χ1) is 12.2. The molecule has 3 aromatic carbocycles. The molecule has 0 heterocycles. The Hall–Kier alpha value is -3.10. The molecule has 0 radical (unpaired) electrons. The van der Waals surface area contributed by atoms with E-state index in [1.54, 1.807) is 25.1 Å². The number of phenolic OH excluding ortho intramolecular Hbond substituents is 1. The number of benzene rings is 3. The molecule has 5 N–H and O–H groups in total. The topological polar surface area (TPSA) is 130 Å². The highest BCUT2D eigenvalue weighted by atomic mass is 32.2. The van der Waals surface area contributed by atoms with Gasteiger partial charge in [0, 0.05) is 22.0 Å². The second-order valence-electron chi connectivity index (χ2n) is 5.81. The van der Waals surface area contributed by atoms with Gasteiger partial charge in [0.1, 0.15) is 10.6 Å². The number of aryl methyl sites for hydroxylation is 1. The molecular formula is C18H16N2O5S. The fraction of sp³-hybridized carbons (Fsp3) is 0.0556. The summed E-state index contributed by atoms with van der Waals surface area (Å²) >= 11 is 0. The second-order valence-corrected chi connectivity index (χ2v) is 7.20. The zero-order chi connectivity index (χ0) is 19.1. The molecule has 3 rings (SSSR count). The zero-order valence-corrected chi connectivity index (χ0v) is 14.5. The molecule has 0 saturated carbocycles. The monoisotopic (exact) mass is 372 g/mol. The average molecular weight is 372 g/mol. The van der Waals surface area contributed by atoms with E-state index in [2.05, 4.69) is 5.32 Å². The van der Waals surface area contributed by atoms with Crippen LogP contribution in [0.15, 0.2) is 53.4 Å². The maximum atomic E-state index is 12.5. The van der Waals surface area contributed by atoms with Crippen LogP contribution >= 0.6 is 0 Å². The van der Waals surface area contributed by atoms with E-state index >= 15 is 0 Å². The van der Waals surface area contributed by atoms with Gasteiger partial charge in [0.25, 0.3) is 16.0 Å². The normalized spacial score (nSPS) is 11.5. The van der Waals surface area contributed by atoms with Gasteiger partial charge in [0.2, 0.25) is 0 Å². The molecule has 0 aliphatic heterocycles. The van der Waals surface area contributed by atoms with Gasteiger partial charge in [0.05, 0.1) is 5.69 Å². The third kappa shape index (κ3) is 3.19. The molecule has 0 aliphatic carbocycles. The summed E-state index contributed by atoms with van der Waals surface area (Å²) in [5, 5.41) is 13.0. The first-order valence-electron chi connectivity index (χ1n) is 7.58. The van der Waals surface area contributed by atoms with Crippen LogP contribution in [0.2, 0.25) is 0 Å². The molecule has 0 fully saturated rings. The minimum Gasteiger partial charge on any atom is -0.507 e. The van der Waals surface area contributed by atoms with Crippen molar-refractivity contribution >= 4 is 38.2 Å². The molecule has 0 aliphatic rings. The molecule has 134 valence electrons. The van der Waals surface area contributed by atoms with Crippen LogP contribution in [-0.2, 0) is 10.1 Å². The van der Waals surface area contributed by atoms with E-state index in [-0.39, 0.29) is 27.1 Å². The minimum absolute atomic E-state index is 0.0961. The van der Waals surface area contributed by atoms with E-state index in [0.717, 1.165) is 5.56 Å². The smallest absolute Gasteiger partial charge is 0.295 e. The number of hydrogen-bond donors (Lipinski definition) is 4. The molecule has 26 heavy (non-hydrogen) atoms. The standard InChI is InChI=1S/C18H16N2O5S/c1-10-9-11(5-6-13(10)19)18(22)20-14-7-8-16(26(23,24)25)12-3-2-4-15(21)17(12)14/h2-9,21H,19H2,1H3,(H,20,22)(H,23,24,25). The summed E-state index contributed by atoms with van der Waals surface area (Å²) in [7, 11) is -4.49. The van der Waals surface area contributed by atoms with Crippen LogP contribution in [-0.4, -0.2) is 24.0 Å². The maximum absolute atomic E-state index is 12.5. The molecule has 0 bridgehead atoms. The molecule has 8 heteroatoms. The maximum Gasteiger partial charge on any atom is 0.295 e. The van der Waals surface area contributed by atoms with Crippen molar-refractivity contribution in [3.05, 3.63) is 59.7 Å². The Labute approximate surface area is 149 Å². The molecule has 1 amide bonds. The summed E-state index contributed by atoms with van der Waals surface area (Å²) in [5.74, 6) is -0.672. The van der Waals surface area contributed by atoms with Crippen LogP contribution in [0, 0.1) is 6.92 Å². The summed E-state index contributed by atoms with van der Waals surface area (Å²) in [6.45, 7) is 1.77. The van der Waals surface area contributed by atoms with E-state index in [1.165, 1.54) is 30.3 Å². The lowest BCUT2D eigenvalue weighted by atomic mass is 10.1. The van der Waals surface area contributed by atoms with Crippen molar-refractivity contribution in [1.29, 1.82) is 0 Å². The van der Waals surface area contributed by atoms with Crippen molar-refractivity contribution in [2.24, 2.45) is 0 Å². The van der Waals surface area contributed by atoms with Crippen molar-refractivity contribution in [2.75, 3.05) is 11.1 Å². The van der Waals surface area contributed by atoms with Gasteiger partial charge in [-0.25, -0.2) is 0 Å². The van der Waals surface area contributed by atoms with Crippen LogP contribution in [0.5, 0.6) is 5.75 Å². The van der Waals surface area contributed by atoms with E-state index < -0.39 is 16.0 Å². The third-order valence-electron chi connectivity index (χ3n) is 4.04. The number of carbonyl (C=O) groups is 1. The molecule has 0 aromatic heterocycles. The predicted molar refractivity (Wildman–Crippen MR) is 99.0 cm³/mol. The lowest BCUT2D eigenvalue weighted by molar-refractivity contribution is 0.102. The van der Waals surface area contributed by atoms with Crippen LogP contribution in [0.1, 0.15) is 15.9 Å². The SMILES string of the molecule is Cc1cc(C(=O)Nc2ccc(S(=O)(=O)O)c3cccc(O)c23)ccc1N. The highest BCUT2D eigenvalue weighted by Gasteiger charge is 2.19. The fourth-order valence-corrected chi connectivity index (χ4v) is 3.39. The van der Waals surface area contributed by atoms with E-state index in [1.807, 2.05) is 0 Å². The summed E-state index contributed by atoms with van der Waals surface area (Å²) < 4.78 is 32.5. The predicted octanol–water partition coefficient (Wildman–Crippen LogP) is 2.94. The molecule has 0 spiro atoms. The lowest BCUT2D eigenvalue weighted by Gasteiger charge is -2.13. The summed E-state index contributed by atoms with van der Waals surface area (Å²) in [4.78, 5) is 12.2. The summed E-state index contributed by atoms with van der Waals surface area (Å²) in [5.41, 5.74) is 7.62. The molecule has 0 atom stereocenters. The van der Waals surface area contributed by atoms with Crippen LogP contribution in [0.4, 0.5) is 11.4 Å². The van der Waals surface area contributed by atoms with E-state index in [4.69, 9.17) is 5.73 Å². The lowest BCUT2D eigenvalue weighted by Crippen LogP contribution is -2.13. The van der Waals surface area contributed by atoms with Gasteiger partial charge >= 0.3 is 0 Å². The minimum atomic E-state index is -4.49. The number of hydrogen-bond acceptors (Lipinski definition) is 5.